The number of nitrogens with one attached hydrogen (secondary N) is 3. The molecule has 0 atom stereocenters. The number of fused-ring (bicyclic) bond motifs is 1. The first-order valence-electron chi connectivity index (χ1n) is 15.5. The summed E-state index contributed by atoms with van der Waals surface area (Å²) in [6, 6.07) is 37.3. The number of hydrogen-bond acceptors (Lipinski definition) is 7. The Labute approximate surface area is 292 Å². The molecule has 0 spiro atoms. The fourth-order valence-corrected chi connectivity index (χ4v) is 6.48. The molecule has 6 rings (SSSR count). The maximum atomic E-state index is 13.7. The molecule has 1 aromatic heterocycles. The van der Waals surface area contributed by atoms with Gasteiger partial charge in [-0.1, -0.05) is 66.7 Å². The Hall–Kier alpha value is -5.71. The zero-order valence-corrected chi connectivity index (χ0v) is 28.1. The Morgan fingerprint density at radius 2 is 1.59 bits per heavy atom. The van der Waals surface area contributed by atoms with Crippen LogP contribution in [0.4, 0.5) is 10.8 Å². The van der Waals surface area contributed by atoms with Crippen molar-refractivity contribution in [3.63, 3.8) is 0 Å². The van der Waals surface area contributed by atoms with E-state index in [1.807, 2.05) is 91.2 Å². The molecule has 0 unspecified atom stereocenters. The first-order valence-corrected chi connectivity index (χ1v) is 17.4. The van der Waals surface area contributed by atoms with Crippen molar-refractivity contribution in [2.45, 2.75) is 11.8 Å². The number of hydrogen-bond donors (Lipinski definition) is 3. The second-order valence-corrected chi connectivity index (χ2v) is 12.7. The number of rotatable bonds is 12. The summed E-state index contributed by atoms with van der Waals surface area (Å²) in [6.07, 6.45) is 1.68. The molecule has 6 aromatic rings. The molecule has 0 saturated carbocycles. The van der Waals surface area contributed by atoms with Gasteiger partial charge < -0.3 is 20.7 Å². The van der Waals surface area contributed by atoms with Crippen molar-refractivity contribution < 1.29 is 19.1 Å². The number of aromatic nitrogens is 1. The highest BCUT2D eigenvalue weighted by Crippen LogP contribution is 2.28. The number of thiazole rings is 1. The van der Waals surface area contributed by atoms with Crippen molar-refractivity contribution in [1.29, 1.82) is 0 Å². The third kappa shape index (κ3) is 8.81. The van der Waals surface area contributed by atoms with E-state index in [4.69, 9.17) is 4.74 Å². The van der Waals surface area contributed by atoms with Crippen LogP contribution in [0.5, 0.6) is 5.75 Å². The van der Waals surface area contributed by atoms with Crippen LogP contribution < -0.4 is 20.7 Å². The van der Waals surface area contributed by atoms with Crippen LogP contribution in [0.1, 0.15) is 22.8 Å². The minimum atomic E-state index is -0.482. The van der Waals surface area contributed by atoms with Gasteiger partial charge >= 0.3 is 0 Å². The fraction of sp³-hybridized carbons (Fsp3) is 0.0769. The van der Waals surface area contributed by atoms with Crippen LogP contribution in [0, 0.1) is 0 Å². The molecule has 3 amide bonds. The molecule has 0 bridgehead atoms. The van der Waals surface area contributed by atoms with Gasteiger partial charge in [0.2, 0.25) is 5.91 Å². The fourth-order valence-electron chi connectivity index (χ4n) is 4.99. The quantitative estimate of drug-likeness (QED) is 0.0881. The number of ether oxygens (including phenoxy) is 1. The maximum absolute atomic E-state index is 13.7. The topological polar surface area (TPSA) is 109 Å². The minimum Gasteiger partial charge on any atom is -0.494 e. The average molecular weight is 685 g/mol. The number of anilines is 2. The van der Waals surface area contributed by atoms with Gasteiger partial charge in [-0.3, -0.25) is 14.4 Å². The Morgan fingerprint density at radius 3 is 2.41 bits per heavy atom. The Kier molecular flexibility index (Phi) is 10.8. The number of thioether (sulfide) groups is 1. The lowest BCUT2D eigenvalue weighted by Gasteiger charge is -2.13. The number of amides is 3. The van der Waals surface area contributed by atoms with E-state index >= 15 is 0 Å². The summed E-state index contributed by atoms with van der Waals surface area (Å²) < 4.78 is 5.50. The molecule has 5 aromatic carbocycles. The normalized spacial score (nSPS) is 11.2. The van der Waals surface area contributed by atoms with Crippen LogP contribution in [-0.2, 0) is 9.59 Å². The summed E-state index contributed by atoms with van der Waals surface area (Å²) in [7, 11) is 0. The van der Waals surface area contributed by atoms with E-state index in [2.05, 4.69) is 20.9 Å². The van der Waals surface area contributed by atoms with E-state index in [9.17, 15) is 14.4 Å². The van der Waals surface area contributed by atoms with Crippen molar-refractivity contribution in [2.75, 3.05) is 23.0 Å². The molecular weight excluding hydrogens is 653 g/mol. The zero-order valence-electron chi connectivity index (χ0n) is 26.5. The molecule has 0 fully saturated rings. The predicted molar refractivity (Wildman–Crippen MR) is 199 cm³/mol. The monoisotopic (exact) mass is 684 g/mol. The van der Waals surface area contributed by atoms with Crippen molar-refractivity contribution in [1.82, 2.24) is 10.3 Å². The molecule has 10 heteroatoms. The van der Waals surface area contributed by atoms with Crippen LogP contribution in [0.15, 0.2) is 137 Å². The second-order valence-electron chi connectivity index (χ2n) is 10.8. The third-order valence-electron chi connectivity index (χ3n) is 7.33. The summed E-state index contributed by atoms with van der Waals surface area (Å²) in [5.41, 5.74) is 3.54. The molecule has 244 valence electrons. The van der Waals surface area contributed by atoms with Crippen molar-refractivity contribution in [3.8, 4) is 17.0 Å². The van der Waals surface area contributed by atoms with Crippen molar-refractivity contribution >= 4 is 68.5 Å². The second kappa shape index (κ2) is 15.9. The molecule has 49 heavy (non-hydrogen) atoms. The highest BCUT2D eigenvalue weighted by molar-refractivity contribution is 8.00. The van der Waals surface area contributed by atoms with E-state index in [0.29, 0.717) is 23.0 Å². The van der Waals surface area contributed by atoms with E-state index in [0.717, 1.165) is 38.2 Å². The molecule has 0 aliphatic rings. The first-order chi connectivity index (χ1) is 23.9. The lowest BCUT2D eigenvalue weighted by Crippen LogP contribution is -2.30. The van der Waals surface area contributed by atoms with Gasteiger partial charge in [-0.05, 0) is 83.9 Å². The van der Waals surface area contributed by atoms with Crippen LogP contribution in [0.25, 0.3) is 28.1 Å². The zero-order chi connectivity index (χ0) is 34.0. The minimum absolute atomic E-state index is 0.0932. The number of benzene rings is 5. The average Bonchev–Trinajstić information content (AvgIpc) is 3.60. The van der Waals surface area contributed by atoms with Gasteiger partial charge in [-0.15, -0.1) is 23.1 Å². The van der Waals surface area contributed by atoms with Gasteiger partial charge in [0.1, 0.15) is 11.4 Å². The van der Waals surface area contributed by atoms with E-state index in [1.165, 1.54) is 23.1 Å². The lowest BCUT2D eigenvalue weighted by atomic mass is 10.0. The Morgan fingerprint density at radius 1 is 0.837 bits per heavy atom. The molecule has 0 aliphatic heterocycles. The van der Waals surface area contributed by atoms with Crippen LogP contribution in [0.2, 0.25) is 0 Å². The van der Waals surface area contributed by atoms with Crippen molar-refractivity contribution in [2.24, 2.45) is 0 Å². The lowest BCUT2D eigenvalue weighted by molar-refractivity contribution is -0.114. The van der Waals surface area contributed by atoms with Gasteiger partial charge in [0, 0.05) is 27.1 Å². The van der Waals surface area contributed by atoms with Gasteiger partial charge in [-0.25, -0.2) is 4.98 Å². The smallest absolute Gasteiger partial charge is 0.272 e. The van der Waals surface area contributed by atoms with E-state index in [1.54, 1.807) is 48.5 Å². The molecule has 0 radical (unpaired) electrons. The van der Waals surface area contributed by atoms with E-state index < -0.39 is 11.8 Å². The molecule has 3 N–H and O–H groups in total. The SMILES string of the molecule is CCOc1ccc(-c2csc(NC(=O)CSc3cccc(NC(=O)/C(=C\c4cccc5ccccc45)NC(=O)c4ccccc4)c3)n2)cc1. The van der Waals surface area contributed by atoms with Crippen molar-refractivity contribution in [3.05, 3.63) is 144 Å². The number of carbonyl (C=O) groups is 3. The predicted octanol–water partition coefficient (Wildman–Crippen LogP) is 8.50. The summed E-state index contributed by atoms with van der Waals surface area (Å²) in [4.78, 5) is 44.9. The third-order valence-corrected chi connectivity index (χ3v) is 9.08. The molecule has 1 heterocycles. The Bertz CT molecular complexity index is 2120. The standard InChI is InChI=1S/C39H32N4O4S2/c1-2-47-31-20-18-27(19-21-31)35-24-49-39(42-35)43-36(44)25-48-32-16-9-15-30(23-32)40-38(46)34(41-37(45)28-11-4-3-5-12-28)22-29-14-8-13-26-10-6-7-17-33(26)29/h3-24H,2,25H2,1H3,(H,40,46)(H,41,45)(H,42,43,44)/b34-22+. The first kappa shape index (κ1) is 33.2. The highest BCUT2D eigenvalue weighted by Gasteiger charge is 2.16. The van der Waals surface area contributed by atoms with Gasteiger partial charge in [0.05, 0.1) is 18.1 Å². The summed E-state index contributed by atoms with van der Waals surface area (Å²) in [5.74, 6) is -0.137. The van der Waals surface area contributed by atoms with Gasteiger partial charge in [0.15, 0.2) is 5.13 Å². The number of carbonyl (C=O) groups excluding carboxylic acids is 3. The van der Waals surface area contributed by atoms with Crippen LogP contribution in [-0.4, -0.2) is 35.1 Å². The van der Waals surface area contributed by atoms with Crippen LogP contribution >= 0.6 is 23.1 Å². The summed E-state index contributed by atoms with van der Waals surface area (Å²) in [5, 5.41) is 13.0. The number of nitrogens with zero attached hydrogens (tertiary/aromatic N) is 1. The van der Waals surface area contributed by atoms with Gasteiger partial charge in [-0.2, -0.15) is 0 Å². The van der Waals surface area contributed by atoms with Crippen LogP contribution in [0.3, 0.4) is 0 Å². The van der Waals surface area contributed by atoms with Gasteiger partial charge in [0.25, 0.3) is 11.8 Å². The molecule has 0 saturated heterocycles. The summed E-state index contributed by atoms with van der Waals surface area (Å²) in [6.45, 7) is 2.54. The molecular formula is C39H32N4O4S2. The molecule has 0 aliphatic carbocycles. The molecule has 8 nitrogen and oxygen atoms in total. The highest BCUT2D eigenvalue weighted by atomic mass is 32.2. The van der Waals surface area contributed by atoms with E-state index in [-0.39, 0.29) is 17.4 Å². The Balaban J connectivity index is 1.12. The summed E-state index contributed by atoms with van der Waals surface area (Å²) >= 11 is 2.69. The maximum Gasteiger partial charge on any atom is 0.272 e. The largest absolute Gasteiger partial charge is 0.494 e.